The standard InChI is InChI=1S/C13H22N2OS2/c1-13(2,18)7-5-6-8-14-9-10(15(3)4)11(16)12(9)17/h14,18H,5-8H2,1-4H3. The van der Waals surface area contributed by atoms with E-state index in [4.69, 9.17) is 12.2 Å². The fourth-order valence-corrected chi connectivity index (χ4v) is 2.29. The molecule has 0 unspecified atom stereocenters. The number of hydrogen-bond acceptors (Lipinski definition) is 5. The predicted molar refractivity (Wildman–Crippen MR) is 85.7 cm³/mol. The van der Waals surface area contributed by atoms with Crippen molar-refractivity contribution in [1.29, 1.82) is 0 Å². The molecule has 0 radical (unpaired) electrons. The molecule has 0 aliphatic heterocycles. The number of nitrogens with one attached hydrogen (secondary N) is 1. The van der Waals surface area contributed by atoms with Crippen molar-refractivity contribution in [2.24, 2.45) is 0 Å². The van der Waals surface area contributed by atoms with Gasteiger partial charge in [0, 0.05) is 25.4 Å². The monoisotopic (exact) mass is 286 g/mol. The van der Waals surface area contributed by atoms with E-state index in [0.717, 1.165) is 31.5 Å². The van der Waals surface area contributed by atoms with Gasteiger partial charge in [0.1, 0.15) is 10.2 Å². The molecule has 5 heteroatoms. The summed E-state index contributed by atoms with van der Waals surface area (Å²) >= 11 is 9.54. The van der Waals surface area contributed by atoms with Crippen molar-refractivity contribution in [1.82, 2.24) is 0 Å². The van der Waals surface area contributed by atoms with Crippen LogP contribution in [0.1, 0.15) is 33.1 Å². The first-order valence-corrected chi connectivity index (χ1v) is 7.06. The maximum absolute atomic E-state index is 11.5. The minimum Gasteiger partial charge on any atom is -0.382 e. The molecule has 0 aromatic heterocycles. The van der Waals surface area contributed by atoms with Crippen LogP contribution in [0.4, 0.5) is 11.4 Å². The summed E-state index contributed by atoms with van der Waals surface area (Å²) < 4.78 is 0.531. The fraction of sp³-hybridized carbons (Fsp3) is 0.692. The Morgan fingerprint density at radius 3 is 2.44 bits per heavy atom. The van der Waals surface area contributed by atoms with Crippen molar-refractivity contribution >= 4 is 36.2 Å². The molecule has 3 nitrogen and oxygen atoms in total. The molecule has 1 N–H and O–H groups in total. The van der Waals surface area contributed by atoms with Crippen LogP contribution >= 0.6 is 24.8 Å². The summed E-state index contributed by atoms with van der Waals surface area (Å²) in [6.45, 7) is 5.09. The highest BCUT2D eigenvalue weighted by Gasteiger charge is 2.18. The lowest BCUT2D eigenvalue weighted by Crippen LogP contribution is -2.26. The molecule has 1 aromatic carbocycles. The van der Waals surface area contributed by atoms with E-state index in [2.05, 4.69) is 31.8 Å². The molecule has 0 aliphatic carbocycles. The van der Waals surface area contributed by atoms with Crippen molar-refractivity contribution in [3.05, 3.63) is 14.7 Å². The smallest absolute Gasteiger partial charge is 0.224 e. The minimum atomic E-state index is -0.0195. The third-order valence-corrected chi connectivity index (χ3v) is 3.46. The number of hydrogen-bond donors (Lipinski definition) is 2. The van der Waals surface area contributed by atoms with Crippen LogP contribution in [0, 0.1) is 4.51 Å². The van der Waals surface area contributed by atoms with Gasteiger partial charge in [-0.15, -0.1) is 0 Å². The third kappa shape index (κ3) is 3.99. The van der Waals surface area contributed by atoms with Gasteiger partial charge in [0.2, 0.25) is 5.43 Å². The highest BCUT2D eigenvalue weighted by atomic mass is 32.1. The average Bonchev–Trinajstić information content (AvgIpc) is 2.24. The summed E-state index contributed by atoms with van der Waals surface area (Å²) in [5.74, 6) is 0. The van der Waals surface area contributed by atoms with Gasteiger partial charge in [-0.05, 0) is 12.8 Å². The van der Waals surface area contributed by atoms with Crippen LogP contribution in [-0.4, -0.2) is 25.4 Å². The van der Waals surface area contributed by atoms with Gasteiger partial charge in [0.05, 0.1) is 5.69 Å². The summed E-state index contributed by atoms with van der Waals surface area (Å²) in [6, 6.07) is 0. The van der Waals surface area contributed by atoms with Crippen LogP contribution in [0.2, 0.25) is 0 Å². The zero-order chi connectivity index (χ0) is 13.9. The second-order valence-electron chi connectivity index (χ2n) is 5.47. The van der Waals surface area contributed by atoms with E-state index in [-0.39, 0.29) is 10.2 Å². The molecule has 0 saturated heterocycles. The summed E-state index contributed by atoms with van der Waals surface area (Å²) in [4.78, 5) is 13.4. The maximum atomic E-state index is 11.5. The second kappa shape index (κ2) is 6.06. The van der Waals surface area contributed by atoms with E-state index >= 15 is 0 Å². The largest absolute Gasteiger partial charge is 0.382 e. The molecule has 0 saturated carbocycles. The van der Waals surface area contributed by atoms with E-state index in [1.807, 2.05) is 19.0 Å². The first kappa shape index (κ1) is 15.5. The Bertz CT molecular complexity index is 468. The molecule has 102 valence electrons. The van der Waals surface area contributed by atoms with Gasteiger partial charge < -0.3 is 10.2 Å². The van der Waals surface area contributed by atoms with Gasteiger partial charge in [-0.3, -0.25) is 4.79 Å². The van der Waals surface area contributed by atoms with E-state index < -0.39 is 0 Å². The van der Waals surface area contributed by atoms with Crippen molar-refractivity contribution < 1.29 is 0 Å². The number of nitrogens with zero attached hydrogens (tertiary/aromatic N) is 1. The van der Waals surface area contributed by atoms with Gasteiger partial charge in [-0.1, -0.05) is 32.5 Å². The molecule has 1 aromatic rings. The lowest BCUT2D eigenvalue weighted by Gasteiger charge is -2.21. The highest BCUT2D eigenvalue weighted by molar-refractivity contribution is 7.81. The first-order valence-electron chi connectivity index (χ1n) is 6.21. The van der Waals surface area contributed by atoms with Crippen molar-refractivity contribution in [2.75, 3.05) is 30.9 Å². The molecular formula is C13H22N2OS2. The van der Waals surface area contributed by atoms with E-state index in [1.54, 1.807) is 0 Å². The lowest BCUT2D eigenvalue weighted by atomic mass is 10.1. The molecule has 0 bridgehead atoms. The Balaban J connectivity index is 2.39. The lowest BCUT2D eigenvalue weighted by molar-refractivity contribution is 0.590. The Morgan fingerprint density at radius 1 is 1.33 bits per heavy atom. The Hall–Kier alpha value is -0.550. The topological polar surface area (TPSA) is 32.3 Å². The van der Waals surface area contributed by atoms with E-state index in [9.17, 15) is 4.79 Å². The average molecular weight is 286 g/mol. The number of rotatable bonds is 7. The molecule has 0 amide bonds. The van der Waals surface area contributed by atoms with Gasteiger partial charge in [0.15, 0.2) is 0 Å². The van der Waals surface area contributed by atoms with Gasteiger partial charge >= 0.3 is 0 Å². The summed E-state index contributed by atoms with van der Waals surface area (Å²) in [6.07, 6.45) is 3.26. The van der Waals surface area contributed by atoms with Crippen LogP contribution in [0.3, 0.4) is 0 Å². The van der Waals surface area contributed by atoms with Crippen molar-refractivity contribution in [3.63, 3.8) is 0 Å². The van der Waals surface area contributed by atoms with Gasteiger partial charge in [0.25, 0.3) is 0 Å². The Labute approximate surface area is 120 Å². The van der Waals surface area contributed by atoms with E-state index in [1.165, 1.54) is 0 Å². The van der Waals surface area contributed by atoms with Crippen molar-refractivity contribution in [2.45, 2.75) is 37.9 Å². The number of unbranched alkanes of at least 4 members (excludes halogenated alkanes) is 1. The number of thiol groups is 1. The van der Waals surface area contributed by atoms with Crippen LogP contribution in [-0.2, 0) is 0 Å². The minimum absolute atomic E-state index is 0.0195. The molecule has 0 aliphatic rings. The van der Waals surface area contributed by atoms with Gasteiger partial charge in [-0.25, -0.2) is 0 Å². The second-order valence-corrected chi connectivity index (χ2v) is 7.09. The van der Waals surface area contributed by atoms with Gasteiger partial charge in [-0.2, -0.15) is 12.6 Å². The molecule has 0 atom stereocenters. The molecule has 0 heterocycles. The SMILES string of the molecule is CN(C)c1c(NCCCCC(C)(C)S)c(=S)c1=O. The summed E-state index contributed by atoms with van der Waals surface area (Å²) in [5.41, 5.74) is 1.52. The predicted octanol–water partition coefficient (Wildman–Crippen LogP) is 3.01. The van der Waals surface area contributed by atoms with Crippen LogP contribution < -0.4 is 15.6 Å². The third-order valence-electron chi connectivity index (χ3n) is 2.85. The zero-order valence-corrected chi connectivity index (χ0v) is 13.3. The van der Waals surface area contributed by atoms with Crippen LogP contribution in [0.5, 0.6) is 0 Å². The summed E-state index contributed by atoms with van der Waals surface area (Å²) in [5, 5.41) is 3.27. The maximum Gasteiger partial charge on any atom is 0.224 e. The molecule has 0 fully saturated rings. The zero-order valence-electron chi connectivity index (χ0n) is 11.5. The Morgan fingerprint density at radius 2 is 1.94 bits per heavy atom. The summed E-state index contributed by atoms with van der Waals surface area (Å²) in [7, 11) is 3.72. The van der Waals surface area contributed by atoms with Crippen LogP contribution in [0.25, 0.3) is 0 Å². The Kier molecular flexibility index (Phi) is 5.22. The number of anilines is 2. The first-order chi connectivity index (χ1) is 8.24. The molecule has 1 rings (SSSR count). The molecule has 18 heavy (non-hydrogen) atoms. The van der Waals surface area contributed by atoms with E-state index in [0.29, 0.717) is 10.2 Å². The fourth-order valence-electron chi connectivity index (χ4n) is 1.87. The van der Waals surface area contributed by atoms with Crippen LogP contribution in [0.15, 0.2) is 4.79 Å². The molecule has 0 spiro atoms. The molecular weight excluding hydrogens is 264 g/mol. The quantitative estimate of drug-likeness (QED) is 0.458. The van der Waals surface area contributed by atoms with Crippen molar-refractivity contribution in [3.8, 4) is 0 Å². The normalized spacial score (nSPS) is 11.8. The highest BCUT2D eigenvalue weighted by Crippen LogP contribution is 2.25.